The van der Waals surface area contributed by atoms with E-state index >= 15 is 0 Å². The average Bonchev–Trinajstić information content (AvgIpc) is 2.37. The highest BCUT2D eigenvalue weighted by Crippen LogP contribution is 2.25. The molecule has 1 fully saturated rings. The van der Waals surface area contributed by atoms with Crippen molar-refractivity contribution < 1.29 is 14.6 Å². The van der Waals surface area contributed by atoms with Gasteiger partial charge in [0.15, 0.2) is 0 Å². The van der Waals surface area contributed by atoms with Crippen LogP contribution in [0.15, 0.2) is 0 Å². The van der Waals surface area contributed by atoms with Gasteiger partial charge in [-0.1, -0.05) is 6.92 Å². The van der Waals surface area contributed by atoms with Crippen LogP contribution < -0.4 is 16.4 Å². The summed E-state index contributed by atoms with van der Waals surface area (Å²) in [5, 5.41) is 15.2. The van der Waals surface area contributed by atoms with Crippen LogP contribution in [0.2, 0.25) is 0 Å². The van der Waals surface area contributed by atoms with Crippen molar-refractivity contribution in [3.05, 3.63) is 0 Å². The summed E-state index contributed by atoms with van der Waals surface area (Å²) in [6.45, 7) is 4.15. The van der Waals surface area contributed by atoms with Gasteiger partial charge in [-0.25, -0.2) is 4.79 Å². The smallest absolute Gasteiger partial charge is 0.312 e. The quantitative estimate of drug-likeness (QED) is 0.475. The van der Waals surface area contributed by atoms with Crippen LogP contribution in [0.25, 0.3) is 0 Å². The first-order valence-corrected chi connectivity index (χ1v) is 7.11. The molecule has 6 nitrogen and oxygen atoms in total. The summed E-state index contributed by atoms with van der Waals surface area (Å²) in [6, 6.07) is -0.530. The Morgan fingerprint density at radius 1 is 1.37 bits per heavy atom. The van der Waals surface area contributed by atoms with Crippen LogP contribution >= 0.6 is 0 Å². The largest absolute Gasteiger partial charge is 0.389 e. The fourth-order valence-electron chi connectivity index (χ4n) is 2.25. The van der Waals surface area contributed by atoms with Crippen LogP contribution in [-0.4, -0.2) is 49.6 Å². The van der Waals surface area contributed by atoms with Gasteiger partial charge in [0, 0.05) is 19.6 Å². The number of nitrogens with one attached hydrogen (secondary N) is 2. The van der Waals surface area contributed by atoms with Crippen LogP contribution in [0, 0.1) is 5.92 Å². The number of carbonyl (C=O) groups is 1. The lowest BCUT2D eigenvalue weighted by Crippen LogP contribution is -2.38. The second kappa shape index (κ2) is 9.12. The number of rotatable bonds is 8. The Balaban J connectivity index is 1.95. The van der Waals surface area contributed by atoms with Crippen molar-refractivity contribution in [2.24, 2.45) is 11.7 Å². The van der Waals surface area contributed by atoms with E-state index in [0.29, 0.717) is 32.3 Å². The fourth-order valence-corrected chi connectivity index (χ4v) is 2.25. The van der Waals surface area contributed by atoms with Crippen LogP contribution in [0.3, 0.4) is 0 Å². The number of carbonyl (C=O) groups excluding carboxylic acids is 1. The molecule has 1 rings (SSSR count). The first kappa shape index (κ1) is 16.2. The van der Waals surface area contributed by atoms with Crippen molar-refractivity contribution in [2.45, 2.75) is 44.8 Å². The third-order valence-electron chi connectivity index (χ3n) is 3.47. The first-order valence-electron chi connectivity index (χ1n) is 7.11. The molecule has 1 aliphatic rings. The maximum Gasteiger partial charge on any atom is 0.312 e. The van der Waals surface area contributed by atoms with Crippen molar-refractivity contribution in [2.75, 3.05) is 26.2 Å². The number of hydrogen-bond acceptors (Lipinski definition) is 4. The van der Waals surface area contributed by atoms with Crippen LogP contribution in [-0.2, 0) is 4.74 Å². The highest BCUT2D eigenvalue weighted by molar-refractivity contribution is 5.71. The molecule has 112 valence electrons. The molecule has 0 saturated heterocycles. The zero-order valence-corrected chi connectivity index (χ0v) is 11.7. The molecular formula is C13H27N3O3. The molecule has 0 aromatic heterocycles. The van der Waals surface area contributed by atoms with Gasteiger partial charge in [-0.05, 0) is 31.6 Å². The molecule has 0 radical (unpaired) electrons. The van der Waals surface area contributed by atoms with Gasteiger partial charge < -0.3 is 26.2 Å². The molecule has 0 aromatic carbocycles. The van der Waals surface area contributed by atoms with Crippen LogP contribution in [0.4, 0.5) is 4.79 Å². The molecule has 0 spiro atoms. The minimum Gasteiger partial charge on any atom is -0.389 e. The summed E-state index contributed by atoms with van der Waals surface area (Å²) in [4.78, 5) is 10.4. The minimum absolute atomic E-state index is 0.308. The van der Waals surface area contributed by atoms with Gasteiger partial charge in [0.1, 0.15) is 0 Å². The van der Waals surface area contributed by atoms with Gasteiger partial charge in [0.05, 0.1) is 18.8 Å². The van der Waals surface area contributed by atoms with E-state index in [1.807, 2.05) is 0 Å². The number of urea groups is 1. The molecule has 1 aliphatic carbocycles. The van der Waals surface area contributed by atoms with E-state index < -0.39 is 12.1 Å². The average molecular weight is 273 g/mol. The number of amides is 2. The maximum absolute atomic E-state index is 10.4. The number of nitrogens with two attached hydrogens (primary N) is 1. The van der Waals surface area contributed by atoms with E-state index in [1.165, 1.54) is 12.8 Å². The molecule has 6 heteroatoms. The molecular weight excluding hydrogens is 246 g/mol. The molecule has 0 heterocycles. The second-order valence-electron chi connectivity index (χ2n) is 5.36. The predicted molar refractivity (Wildman–Crippen MR) is 73.8 cm³/mol. The number of hydrogen-bond donors (Lipinski definition) is 4. The fraction of sp³-hybridized carbons (Fsp3) is 0.923. The lowest BCUT2D eigenvalue weighted by atomic mass is 9.89. The van der Waals surface area contributed by atoms with E-state index in [-0.39, 0.29) is 0 Å². The van der Waals surface area contributed by atoms with Gasteiger partial charge in [0.25, 0.3) is 0 Å². The van der Waals surface area contributed by atoms with E-state index in [1.54, 1.807) is 0 Å². The summed E-state index contributed by atoms with van der Waals surface area (Å²) >= 11 is 0. The van der Waals surface area contributed by atoms with Crippen LogP contribution in [0.5, 0.6) is 0 Å². The summed E-state index contributed by atoms with van der Waals surface area (Å²) in [5.74, 6) is 0.809. The van der Waals surface area contributed by atoms with Gasteiger partial charge in [-0.3, -0.25) is 0 Å². The van der Waals surface area contributed by atoms with Crippen molar-refractivity contribution in [1.82, 2.24) is 10.6 Å². The SMILES string of the molecule is CC1CCC(OCC(O)CNCCNC(N)=O)CC1. The van der Waals surface area contributed by atoms with Crippen molar-refractivity contribution in [1.29, 1.82) is 0 Å². The normalized spacial score (nSPS) is 24.9. The molecule has 1 unspecified atom stereocenters. The summed E-state index contributed by atoms with van der Waals surface area (Å²) in [7, 11) is 0. The highest BCUT2D eigenvalue weighted by Gasteiger charge is 2.19. The third kappa shape index (κ3) is 8.02. The number of primary amides is 1. The zero-order valence-electron chi connectivity index (χ0n) is 11.7. The molecule has 1 saturated carbocycles. The Labute approximate surface area is 115 Å². The van der Waals surface area contributed by atoms with Gasteiger partial charge >= 0.3 is 6.03 Å². The van der Waals surface area contributed by atoms with Crippen molar-refractivity contribution in [3.63, 3.8) is 0 Å². The summed E-state index contributed by atoms with van der Waals surface area (Å²) in [6.07, 6.45) is 4.44. The van der Waals surface area contributed by atoms with Crippen molar-refractivity contribution in [3.8, 4) is 0 Å². The first-order chi connectivity index (χ1) is 9.08. The Morgan fingerprint density at radius 3 is 2.68 bits per heavy atom. The lowest BCUT2D eigenvalue weighted by molar-refractivity contribution is -0.0277. The second-order valence-corrected chi connectivity index (χ2v) is 5.36. The van der Waals surface area contributed by atoms with Gasteiger partial charge in [-0.15, -0.1) is 0 Å². The monoisotopic (exact) mass is 273 g/mol. The van der Waals surface area contributed by atoms with Crippen molar-refractivity contribution >= 4 is 6.03 Å². The van der Waals surface area contributed by atoms with E-state index in [0.717, 1.165) is 18.8 Å². The third-order valence-corrected chi connectivity index (χ3v) is 3.47. The van der Waals surface area contributed by atoms with Crippen LogP contribution in [0.1, 0.15) is 32.6 Å². The molecule has 5 N–H and O–H groups in total. The predicted octanol–water partition coefficient (Wildman–Crippen LogP) is 0.201. The maximum atomic E-state index is 10.4. The molecule has 2 amide bonds. The molecule has 0 bridgehead atoms. The highest BCUT2D eigenvalue weighted by atomic mass is 16.5. The Kier molecular flexibility index (Phi) is 7.78. The topological polar surface area (TPSA) is 96.6 Å². The van der Waals surface area contributed by atoms with E-state index in [9.17, 15) is 9.90 Å². The molecule has 1 atom stereocenters. The summed E-state index contributed by atoms with van der Waals surface area (Å²) in [5.41, 5.74) is 4.93. The Morgan fingerprint density at radius 2 is 2.05 bits per heavy atom. The number of ether oxygens (including phenoxy) is 1. The molecule has 0 aliphatic heterocycles. The summed E-state index contributed by atoms with van der Waals surface area (Å²) < 4.78 is 5.71. The van der Waals surface area contributed by atoms with Gasteiger partial charge in [0.2, 0.25) is 0 Å². The Bertz CT molecular complexity index is 256. The van der Waals surface area contributed by atoms with E-state index in [4.69, 9.17) is 10.5 Å². The van der Waals surface area contributed by atoms with E-state index in [2.05, 4.69) is 17.6 Å². The zero-order chi connectivity index (χ0) is 14.1. The minimum atomic E-state index is -0.530. The molecule has 19 heavy (non-hydrogen) atoms. The number of aliphatic hydroxyl groups excluding tert-OH is 1. The van der Waals surface area contributed by atoms with Gasteiger partial charge in [-0.2, -0.15) is 0 Å². The molecule has 0 aromatic rings. The number of aliphatic hydroxyl groups is 1. The Hall–Kier alpha value is -0.850. The standard InChI is InChI=1S/C13H27N3O3/c1-10-2-4-12(5-3-10)19-9-11(17)8-15-6-7-16-13(14)18/h10-12,15,17H,2-9H2,1H3,(H3,14,16,18). The lowest BCUT2D eigenvalue weighted by Gasteiger charge is -2.27.